The van der Waals surface area contributed by atoms with Crippen LogP contribution in [0.4, 0.5) is 0 Å². The third-order valence-corrected chi connectivity index (χ3v) is 6.21. The molecule has 128 valence electrons. The molecule has 24 heavy (non-hydrogen) atoms. The highest BCUT2D eigenvalue weighted by Crippen LogP contribution is 2.27. The highest BCUT2D eigenvalue weighted by atomic mass is 32.1. The van der Waals surface area contributed by atoms with E-state index in [9.17, 15) is 9.59 Å². The molecule has 2 aromatic rings. The van der Waals surface area contributed by atoms with Crippen LogP contribution in [0.15, 0.2) is 35.0 Å². The van der Waals surface area contributed by atoms with Gasteiger partial charge in [-0.05, 0) is 48.8 Å². The molecule has 0 spiro atoms. The minimum Gasteiger partial charge on any atom is -0.354 e. The second-order valence-corrected chi connectivity index (χ2v) is 7.91. The highest BCUT2D eigenvalue weighted by Gasteiger charge is 2.24. The van der Waals surface area contributed by atoms with E-state index >= 15 is 0 Å². The number of Topliss-reactive ketones (excluding diaryl/α,β-unsaturated/α-hetero) is 1. The lowest BCUT2D eigenvalue weighted by molar-refractivity contribution is -0.121. The van der Waals surface area contributed by atoms with Crippen LogP contribution in [-0.2, 0) is 4.79 Å². The largest absolute Gasteiger partial charge is 0.354 e. The lowest BCUT2D eigenvalue weighted by Gasteiger charge is -2.26. The summed E-state index contributed by atoms with van der Waals surface area (Å²) in [5.74, 6) is 0.00941. The van der Waals surface area contributed by atoms with Crippen molar-refractivity contribution >= 4 is 34.4 Å². The smallest absolute Gasteiger partial charge is 0.220 e. The van der Waals surface area contributed by atoms with E-state index in [2.05, 4.69) is 27.7 Å². The van der Waals surface area contributed by atoms with Crippen LogP contribution >= 0.6 is 22.7 Å². The van der Waals surface area contributed by atoms with Crippen molar-refractivity contribution < 1.29 is 9.59 Å². The molecule has 0 aromatic carbocycles. The Balaban J connectivity index is 1.49. The van der Waals surface area contributed by atoms with Crippen molar-refractivity contribution in [3.05, 3.63) is 44.8 Å². The van der Waals surface area contributed by atoms with Gasteiger partial charge in [-0.2, -0.15) is 0 Å². The molecular weight excluding hydrogens is 340 g/mol. The molecular formula is C18H22N2O2S2. The summed E-state index contributed by atoms with van der Waals surface area (Å²) in [6.45, 7) is 2.80. The number of nitrogens with zero attached hydrogens (tertiary/aromatic N) is 1. The van der Waals surface area contributed by atoms with Gasteiger partial charge in [0.2, 0.25) is 5.91 Å². The molecule has 1 aliphatic rings. The fourth-order valence-corrected chi connectivity index (χ4v) is 4.59. The first-order valence-corrected chi connectivity index (χ1v) is 10.1. The van der Waals surface area contributed by atoms with E-state index in [4.69, 9.17) is 0 Å². The molecule has 1 amide bonds. The number of thiophene rings is 2. The second kappa shape index (κ2) is 8.55. The van der Waals surface area contributed by atoms with Crippen LogP contribution in [0.5, 0.6) is 0 Å². The Bertz CT molecular complexity index is 647. The maximum absolute atomic E-state index is 12.1. The van der Waals surface area contributed by atoms with Gasteiger partial charge in [-0.3, -0.25) is 14.5 Å². The number of hydrogen-bond acceptors (Lipinski definition) is 5. The topological polar surface area (TPSA) is 49.4 Å². The first-order valence-electron chi connectivity index (χ1n) is 8.35. The molecule has 2 aromatic heterocycles. The van der Waals surface area contributed by atoms with Gasteiger partial charge in [0.05, 0.1) is 10.9 Å². The average molecular weight is 363 g/mol. The molecule has 0 aliphatic carbocycles. The van der Waals surface area contributed by atoms with Crippen LogP contribution in [0.1, 0.15) is 46.3 Å². The number of nitrogens with one attached hydrogen (secondary N) is 1. The van der Waals surface area contributed by atoms with Crippen LogP contribution in [-0.4, -0.2) is 36.2 Å². The number of rotatable bonds is 8. The van der Waals surface area contributed by atoms with Crippen LogP contribution in [0.25, 0.3) is 0 Å². The van der Waals surface area contributed by atoms with E-state index in [-0.39, 0.29) is 30.6 Å². The fraction of sp³-hybridized carbons (Fsp3) is 0.444. The SMILES string of the molecule is O=C(CCC(=O)c1cccs1)NCC(c1cccs1)N1CCCC1. The van der Waals surface area contributed by atoms with Gasteiger partial charge in [-0.1, -0.05) is 12.1 Å². The Labute approximate surface area is 150 Å². The third kappa shape index (κ3) is 4.53. The lowest BCUT2D eigenvalue weighted by atomic mass is 10.1. The number of likely N-dealkylation sites (tertiary alicyclic amines) is 1. The highest BCUT2D eigenvalue weighted by molar-refractivity contribution is 7.12. The molecule has 1 aliphatic heterocycles. The molecule has 6 heteroatoms. The number of carbonyl (C=O) groups excluding carboxylic acids is 2. The number of ketones is 1. The summed E-state index contributed by atoms with van der Waals surface area (Å²) in [5, 5.41) is 6.99. The van der Waals surface area contributed by atoms with E-state index in [0.29, 0.717) is 6.54 Å². The lowest BCUT2D eigenvalue weighted by Crippen LogP contribution is -2.36. The van der Waals surface area contributed by atoms with E-state index in [1.54, 1.807) is 11.3 Å². The van der Waals surface area contributed by atoms with Crippen LogP contribution in [0.3, 0.4) is 0 Å². The zero-order valence-electron chi connectivity index (χ0n) is 13.6. The molecule has 1 saturated heterocycles. The molecule has 4 nitrogen and oxygen atoms in total. The zero-order chi connectivity index (χ0) is 16.8. The van der Waals surface area contributed by atoms with Crippen molar-refractivity contribution in [2.75, 3.05) is 19.6 Å². The van der Waals surface area contributed by atoms with Crippen molar-refractivity contribution in [2.24, 2.45) is 0 Å². The Morgan fingerprint density at radius 3 is 2.50 bits per heavy atom. The second-order valence-electron chi connectivity index (χ2n) is 5.98. The number of carbonyl (C=O) groups is 2. The predicted octanol–water partition coefficient (Wildman–Crippen LogP) is 3.73. The van der Waals surface area contributed by atoms with Gasteiger partial charge in [0.25, 0.3) is 0 Å². The minimum absolute atomic E-state index is 0.0411. The van der Waals surface area contributed by atoms with Crippen LogP contribution < -0.4 is 5.32 Å². The number of amides is 1. The van der Waals surface area contributed by atoms with Gasteiger partial charge in [-0.25, -0.2) is 0 Å². The van der Waals surface area contributed by atoms with Gasteiger partial charge in [0.1, 0.15) is 0 Å². The molecule has 3 rings (SSSR count). The molecule has 0 saturated carbocycles. The first-order chi connectivity index (χ1) is 11.7. The summed E-state index contributed by atoms with van der Waals surface area (Å²) in [6, 6.07) is 8.12. The average Bonchev–Trinajstić information content (AvgIpc) is 3.35. The van der Waals surface area contributed by atoms with Crippen molar-refractivity contribution in [2.45, 2.75) is 31.7 Å². The van der Waals surface area contributed by atoms with Crippen molar-refractivity contribution in [3.63, 3.8) is 0 Å². The Hall–Kier alpha value is -1.50. The summed E-state index contributed by atoms with van der Waals surface area (Å²) >= 11 is 3.17. The van der Waals surface area contributed by atoms with Crippen molar-refractivity contribution in [3.8, 4) is 0 Å². The normalized spacial score (nSPS) is 16.2. The maximum Gasteiger partial charge on any atom is 0.220 e. The molecule has 1 unspecified atom stereocenters. The molecule has 1 N–H and O–H groups in total. The first kappa shape index (κ1) is 17.3. The Kier molecular flexibility index (Phi) is 6.18. The molecule has 1 atom stereocenters. The van der Waals surface area contributed by atoms with Crippen LogP contribution in [0, 0.1) is 0 Å². The van der Waals surface area contributed by atoms with Crippen LogP contribution in [0.2, 0.25) is 0 Å². The van der Waals surface area contributed by atoms with E-state index < -0.39 is 0 Å². The van der Waals surface area contributed by atoms with Gasteiger partial charge < -0.3 is 5.32 Å². The van der Waals surface area contributed by atoms with Crippen molar-refractivity contribution in [1.82, 2.24) is 10.2 Å². The summed E-state index contributed by atoms with van der Waals surface area (Å²) in [5.41, 5.74) is 0. The predicted molar refractivity (Wildman–Crippen MR) is 98.8 cm³/mol. The van der Waals surface area contributed by atoms with Gasteiger partial charge >= 0.3 is 0 Å². The Morgan fingerprint density at radius 2 is 1.83 bits per heavy atom. The molecule has 0 radical (unpaired) electrons. The van der Waals surface area contributed by atoms with Gasteiger partial charge in [0, 0.05) is 24.3 Å². The van der Waals surface area contributed by atoms with E-state index in [1.807, 2.05) is 17.5 Å². The van der Waals surface area contributed by atoms with E-state index in [0.717, 1.165) is 18.0 Å². The zero-order valence-corrected chi connectivity index (χ0v) is 15.2. The van der Waals surface area contributed by atoms with E-state index in [1.165, 1.54) is 29.1 Å². The standard InChI is InChI=1S/C18H22N2O2S2/c21-15(17-6-4-12-24-17)7-8-18(22)19-13-14(16-5-3-11-23-16)20-9-1-2-10-20/h3-6,11-12,14H,1-2,7-10,13H2,(H,19,22). The van der Waals surface area contributed by atoms with Gasteiger partial charge in [0.15, 0.2) is 5.78 Å². The summed E-state index contributed by atoms with van der Waals surface area (Å²) in [4.78, 5) is 28.6. The Morgan fingerprint density at radius 1 is 1.08 bits per heavy atom. The molecule has 1 fully saturated rings. The summed E-state index contributed by atoms with van der Waals surface area (Å²) in [7, 11) is 0. The quantitative estimate of drug-likeness (QED) is 0.728. The summed E-state index contributed by atoms with van der Waals surface area (Å²) < 4.78 is 0. The minimum atomic E-state index is -0.0411. The maximum atomic E-state index is 12.1. The fourth-order valence-electron chi connectivity index (χ4n) is 3.03. The molecule has 3 heterocycles. The monoisotopic (exact) mass is 362 g/mol. The van der Waals surface area contributed by atoms with Crippen molar-refractivity contribution in [1.29, 1.82) is 0 Å². The van der Waals surface area contributed by atoms with Gasteiger partial charge in [-0.15, -0.1) is 22.7 Å². The summed E-state index contributed by atoms with van der Waals surface area (Å²) in [6.07, 6.45) is 2.99. The molecule has 0 bridgehead atoms. The third-order valence-electron chi connectivity index (χ3n) is 4.32. The number of hydrogen-bond donors (Lipinski definition) is 1.